The first-order chi connectivity index (χ1) is 7.50. The lowest BCUT2D eigenvalue weighted by atomic mass is 9.77. The van der Waals surface area contributed by atoms with E-state index >= 15 is 0 Å². The Morgan fingerprint density at radius 1 is 1.25 bits per heavy atom. The minimum atomic E-state index is -0.127. The van der Waals surface area contributed by atoms with Crippen molar-refractivity contribution in [2.45, 2.75) is 51.1 Å². The van der Waals surface area contributed by atoms with E-state index in [0.717, 1.165) is 12.8 Å². The monoisotopic (exact) mass is 219 g/mol. The Hall–Kier alpha value is -0.860. The molecule has 2 heteroatoms. The molecule has 1 heterocycles. The zero-order valence-corrected chi connectivity index (χ0v) is 10.4. The number of hydrogen-bond acceptors (Lipinski definition) is 2. The van der Waals surface area contributed by atoms with Gasteiger partial charge in [0.15, 0.2) is 0 Å². The largest absolute Gasteiger partial charge is 0.313 e. The minimum Gasteiger partial charge on any atom is -0.313 e. The summed E-state index contributed by atoms with van der Waals surface area (Å²) in [5.74, 6) is 0.564. The number of hydroxylamine groups is 2. The topological polar surface area (TPSA) is 23.5 Å². The maximum absolute atomic E-state index is 10.0. The van der Waals surface area contributed by atoms with Crippen molar-refractivity contribution in [1.29, 1.82) is 0 Å². The molecule has 0 aliphatic carbocycles. The van der Waals surface area contributed by atoms with E-state index in [9.17, 15) is 5.21 Å². The summed E-state index contributed by atoms with van der Waals surface area (Å²) in [6.07, 6.45) is 2.04. The fourth-order valence-electron chi connectivity index (χ4n) is 2.87. The van der Waals surface area contributed by atoms with Gasteiger partial charge in [0.2, 0.25) is 0 Å². The van der Waals surface area contributed by atoms with Crippen LogP contribution in [0.3, 0.4) is 0 Å². The average Bonchev–Trinajstić information content (AvgIpc) is 2.26. The van der Waals surface area contributed by atoms with E-state index in [1.54, 1.807) is 0 Å². The molecule has 2 unspecified atom stereocenters. The first-order valence-corrected chi connectivity index (χ1v) is 6.04. The number of rotatable bonds is 1. The predicted octanol–water partition coefficient (Wildman–Crippen LogP) is 3.42. The summed E-state index contributed by atoms with van der Waals surface area (Å²) < 4.78 is 0. The van der Waals surface area contributed by atoms with Crippen LogP contribution in [0, 0.1) is 0 Å². The smallest absolute Gasteiger partial charge is 0.0413 e. The Kier molecular flexibility index (Phi) is 3.04. The van der Waals surface area contributed by atoms with E-state index in [0.29, 0.717) is 5.92 Å². The first-order valence-electron chi connectivity index (χ1n) is 6.04. The maximum Gasteiger partial charge on any atom is 0.0413 e. The number of nitrogens with zero attached hydrogens (tertiary/aromatic N) is 1. The third-order valence-corrected chi connectivity index (χ3v) is 3.68. The second kappa shape index (κ2) is 4.19. The summed E-state index contributed by atoms with van der Waals surface area (Å²) in [5.41, 5.74) is 1.27. The average molecular weight is 219 g/mol. The van der Waals surface area contributed by atoms with Crippen LogP contribution >= 0.6 is 0 Å². The summed E-state index contributed by atoms with van der Waals surface area (Å²) in [5, 5.41) is 11.5. The normalized spacial score (nSPS) is 30.2. The molecule has 2 atom stereocenters. The maximum atomic E-state index is 10.0. The molecule has 0 aromatic heterocycles. The van der Waals surface area contributed by atoms with Crippen LogP contribution in [0.25, 0.3) is 0 Å². The van der Waals surface area contributed by atoms with Crippen LogP contribution in [-0.4, -0.2) is 21.9 Å². The fourth-order valence-corrected chi connectivity index (χ4v) is 2.87. The molecule has 1 aromatic carbocycles. The van der Waals surface area contributed by atoms with Crippen molar-refractivity contribution >= 4 is 0 Å². The Labute approximate surface area is 97.9 Å². The van der Waals surface area contributed by atoms with Gasteiger partial charge in [-0.3, -0.25) is 0 Å². The molecule has 1 aliphatic heterocycles. The molecule has 1 fully saturated rings. The Morgan fingerprint density at radius 3 is 2.44 bits per heavy atom. The summed E-state index contributed by atoms with van der Waals surface area (Å²) in [4.78, 5) is 0. The van der Waals surface area contributed by atoms with Gasteiger partial charge in [0, 0.05) is 11.6 Å². The molecule has 2 rings (SSSR count). The lowest BCUT2D eigenvalue weighted by Gasteiger charge is -2.45. The number of benzene rings is 1. The van der Waals surface area contributed by atoms with Crippen LogP contribution in [-0.2, 0) is 0 Å². The van der Waals surface area contributed by atoms with E-state index in [-0.39, 0.29) is 11.6 Å². The van der Waals surface area contributed by atoms with Gasteiger partial charge >= 0.3 is 0 Å². The Bertz CT molecular complexity index is 347. The standard InChI is InChI=1S/C14H21NO/c1-11-9-13(10-14(2,3)15(11)16)12-7-5-4-6-8-12/h4-8,11,13,16H,9-10H2,1-3H3. The van der Waals surface area contributed by atoms with Crippen molar-refractivity contribution in [3.63, 3.8) is 0 Å². The van der Waals surface area contributed by atoms with E-state index in [2.05, 4.69) is 51.1 Å². The molecule has 88 valence electrons. The van der Waals surface area contributed by atoms with Crippen molar-refractivity contribution < 1.29 is 5.21 Å². The van der Waals surface area contributed by atoms with Crippen LogP contribution in [0.4, 0.5) is 0 Å². The van der Waals surface area contributed by atoms with Gasteiger partial charge in [-0.05, 0) is 45.1 Å². The van der Waals surface area contributed by atoms with Gasteiger partial charge in [0.25, 0.3) is 0 Å². The van der Waals surface area contributed by atoms with Gasteiger partial charge in [0.1, 0.15) is 0 Å². The van der Waals surface area contributed by atoms with Gasteiger partial charge in [-0.25, -0.2) is 0 Å². The van der Waals surface area contributed by atoms with Gasteiger partial charge < -0.3 is 5.21 Å². The molecule has 16 heavy (non-hydrogen) atoms. The molecule has 0 amide bonds. The third kappa shape index (κ3) is 2.13. The van der Waals surface area contributed by atoms with Gasteiger partial charge in [-0.15, -0.1) is 0 Å². The van der Waals surface area contributed by atoms with E-state index in [1.165, 1.54) is 10.6 Å². The molecule has 1 saturated heterocycles. The fraction of sp³-hybridized carbons (Fsp3) is 0.571. The molecule has 1 N–H and O–H groups in total. The lowest BCUT2D eigenvalue weighted by Crippen LogP contribution is -2.51. The highest BCUT2D eigenvalue weighted by atomic mass is 16.5. The summed E-state index contributed by atoms with van der Waals surface area (Å²) in [7, 11) is 0. The van der Waals surface area contributed by atoms with Crippen LogP contribution < -0.4 is 0 Å². The van der Waals surface area contributed by atoms with Gasteiger partial charge in [-0.2, -0.15) is 5.06 Å². The van der Waals surface area contributed by atoms with Crippen molar-refractivity contribution in [3.8, 4) is 0 Å². The molecule has 1 aliphatic rings. The zero-order valence-electron chi connectivity index (χ0n) is 10.4. The van der Waals surface area contributed by atoms with Crippen molar-refractivity contribution in [3.05, 3.63) is 35.9 Å². The van der Waals surface area contributed by atoms with E-state index < -0.39 is 0 Å². The highest BCUT2D eigenvalue weighted by Gasteiger charge is 2.38. The summed E-state index contributed by atoms with van der Waals surface area (Å²) in [6.45, 7) is 6.31. The quantitative estimate of drug-likeness (QED) is 0.782. The van der Waals surface area contributed by atoms with E-state index in [4.69, 9.17) is 0 Å². The van der Waals surface area contributed by atoms with Crippen LogP contribution in [0.1, 0.15) is 45.1 Å². The molecule has 1 aromatic rings. The van der Waals surface area contributed by atoms with Crippen LogP contribution in [0.15, 0.2) is 30.3 Å². The number of hydrogen-bond donors (Lipinski definition) is 1. The highest BCUT2D eigenvalue weighted by molar-refractivity contribution is 5.21. The SMILES string of the molecule is CC1CC(c2ccccc2)CC(C)(C)N1O. The van der Waals surface area contributed by atoms with Crippen LogP contribution in [0.5, 0.6) is 0 Å². The molecule has 2 nitrogen and oxygen atoms in total. The van der Waals surface area contributed by atoms with Gasteiger partial charge in [0.05, 0.1) is 0 Å². The minimum absolute atomic E-state index is 0.127. The summed E-state index contributed by atoms with van der Waals surface area (Å²) >= 11 is 0. The van der Waals surface area contributed by atoms with Crippen molar-refractivity contribution in [1.82, 2.24) is 5.06 Å². The first kappa shape index (κ1) is 11.6. The second-order valence-corrected chi connectivity index (χ2v) is 5.55. The highest BCUT2D eigenvalue weighted by Crippen LogP contribution is 2.39. The Morgan fingerprint density at radius 2 is 1.88 bits per heavy atom. The lowest BCUT2D eigenvalue weighted by molar-refractivity contribution is -0.209. The third-order valence-electron chi connectivity index (χ3n) is 3.68. The predicted molar refractivity (Wildman–Crippen MR) is 65.6 cm³/mol. The van der Waals surface area contributed by atoms with Crippen LogP contribution in [0.2, 0.25) is 0 Å². The molecule has 0 bridgehead atoms. The second-order valence-electron chi connectivity index (χ2n) is 5.55. The zero-order chi connectivity index (χ0) is 11.8. The van der Waals surface area contributed by atoms with E-state index in [1.807, 2.05) is 0 Å². The molecular weight excluding hydrogens is 198 g/mol. The number of piperidine rings is 1. The summed E-state index contributed by atoms with van der Waals surface area (Å²) in [6, 6.07) is 10.9. The Balaban J connectivity index is 2.20. The molecule has 0 spiro atoms. The molecule has 0 radical (unpaired) electrons. The van der Waals surface area contributed by atoms with Crippen molar-refractivity contribution in [2.75, 3.05) is 0 Å². The molecule has 0 saturated carbocycles. The van der Waals surface area contributed by atoms with Crippen molar-refractivity contribution in [2.24, 2.45) is 0 Å². The van der Waals surface area contributed by atoms with Gasteiger partial charge in [-0.1, -0.05) is 30.3 Å². The molecular formula is C14H21NO.